The topological polar surface area (TPSA) is 34.9 Å². The Morgan fingerprint density at radius 2 is 2.17 bits per heavy atom. The fourth-order valence-corrected chi connectivity index (χ4v) is 0.889. The van der Waals surface area contributed by atoms with Crippen molar-refractivity contribution < 1.29 is 4.79 Å². The van der Waals surface area contributed by atoms with Crippen LogP contribution in [0.1, 0.15) is 31.1 Å². The Hall–Kier alpha value is -0.830. The third kappa shape index (κ3) is 1.85. The van der Waals surface area contributed by atoms with Crippen LogP contribution in [-0.4, -0.2) is 15.0 Å². The first-order chi connectivity index (χ1) is 5.41. The zero-order valence-electron chi connectivity index (χ0n) is 7.34. The SMILES string of the molecule is CC(C)(C)n1cc(C(=O)Cl)cn1. The molecular formula is C8H11ClN2O. The Bertz CT molecular complexity index is 298. The van der Waals surface area contributed by atoms with Gasteiger partial charge in [-0.15, -0.1) is 0 Å². The van der Waals surface area contributed by atoms with Crippen LogP contribution >= 0.6 is 11.6 Å². The number of nitrogens with zero attached hydrogens (tertiary/aromatic N) is 2. The van der Waals surface area contributed by atoms with Crippen molar-refractivity contribution in [2.24, 2.45) is 0 Å². The van der Waals surface area contributed by atoms with E-state index in [1.165, 1.54) is 6.20 Å². The van der Waals surface area contributed by atoms with Crippen molar-refractivity contribution in [2.45, 2.75) is 26.3 Å². The molecule has 0 spiro atoms. The van der Waals surface area contributed by atoms with Gasteiger partial charge in [0.15, 0.2) is 0 Å². The van der Waals surface area contributed by atoms with Crippen LogP contribution in [0.15, 0.2) is 12.4 Å². The van der Waals surface area contributed by atoms with Gasteiger partial charge in [0.2, 0.25) is 0 Å². The van der Waals surface area contributed by atoms with Crippen LogP contribution in [0, 0.1) is 0 Å². The lowest BCUT2D eigenvalue weighted by Crippen LogP contribution is -2.21. The van der Waals surface area contributed by atoms with Crippen molar-refractivity contribution in [3.63, 3.8) is 0 Å². The van der Waals surface area contributed by atoms with Gasteiger partial charge < -0.3 is 0 Å². The number of carbonyl (C=O) groups is 1. The van der Waals surface area contributed by atoms with Crippen molar-refractivity contribution >= 4 is 16.8 Å². The summed E-state index contributed by atoms with van der Waals surface area (Å²) in [7, 11) is 0. The number of carbonyl (C=O) groups excluding carboxylic acids is 1. The van der Waals surface area contributed by atoms with Crippen LogP contribution in [0.3, 0.4) is 0 Å². The Labute approximate surface area is 76.3 Å². The van der Waals surface area contributed by atoms with E-state index in [-0.39, 0.29) is 5.54 Å². The number of hydrogen-bond acceptors (Lipinski definition) is 2. The molecule has 66 valence electrons. The number of halogens is 1. The molecule has 4 heteroatoms. The second kappa shape index (κ2) is 2.90. The van der Waals surface area contributed by atoms with Crippen LogP contribution in [0.4, 0.5) is 0 Å². The van der Waals surface area contributed by atoms with Gasteiger partial charge in [-0.2, -0.15) is 5.10 Å². The van der Waals surface area contributed by atoms with E-state index in [0.717, 1.165) is 0 Å². The fourth-order valence-electron chi connectivity index (χ4n) is 0.791. The molecule has 1 aromatic rings. The predicted octanol–water partition coefficient (Wildman–Crippen LogP) is 2.02. The maximum absolute atomic E-state index is 10.7. The first kappa shape index (κ1) is 9.26. The predicted molar refractivity (Wildman–Crippen MR) is 47.4 cm³/mol. The molecule has 3 nitrogen and oxygen atoms in total. The number of aromatic nitrogens is 2. The second-order valence-electron chi connectivity index (χ2n) is 3.62. The minimum atomic E-state index is -0.467. The Balaban J connectivity index is 3.00. The molecule has 0 fully saturated rings. The van der Waals surface area contributed by atoms with E-state index >= 15 is 0 Å². The molecule has 1 aromatic heterocycles. The van der Waals surface area contributed by atoms with E-state index in [9.17, 15) is 4.79 Å². The molecule has 0 saturated heterocycles. The van der Waals surface area contributed by atoms with Gasteiger partial charge in [0.1, 0.15) is 0 Å². The summed E-state index contributed by atoms with van der Waals surface area (Å²) in [6.45, 7) is 6.01. The minimum Gasteiger partial charge on any atom is -0.275 e. The van der Waals surface area contributed by atoms with Crippen molar-refractivity contribution in [2.75, 3.05) is 0 Å². The van der Waals surface area contributed by atoms with Gasteiger partial charge in [-0.25, -0.2) is 0 Å². The van der Waals surface area contributed by atoms with Gasteiger partial charge in [0.05, 0.1) is 17.3 Å². The van der Waals surface area contributed by atoms with Gasteiger partial charge in [0.25, 0.3) is 5.24 Å². The van der Waals surface area contributed by atoms with Gasteiger partial charge in [-0.3, -0.25) is 9.48 Å². The summed E-state index contributed by atoms with van der Waals surface area (Å²) in [6.07, 6.45) is 3.12. The summed E-state index contributed by atoms with van der Waals surface area (Å²) >= 11 is 5.27. The van der Waals surface area contributed by atoms with Crippen molar-refractivity contribution in [1.82, 2.24) is 9.78 Å². The zero-order valence-corrected chi connectivity index (χ0v) is 8.09. The lowest BCUT2D eigenvalue weighted by Gasteiger charge is -2.18. The molecule has 0 aliphatic heterocycles. The highest BCUT2D eigenvalue weighted by Gasteiger charge is 2.15. The smallest absolute Gasteiger partial charge is 0.255 e. The zero-order chi connectivity index (χ0) is 9.35. The molecule has 0 aromatic carbocycles. The third-order valence-electron chi connectivity index (χ3n) is 1.50. The Morgan fingerprint density at radius 1 is 1.58 bits per heavy atom. The van der Waals surface area contributed by atoms with E-state index in [1.807, 2.05) is 20.8 Å². The summed E-state index contributed by atoms with van der Waals surface area (Å²) in [4.78, 5) is 10.7. The number of rotatable bonds is 1. The standard InChI is InChI=1S/C8H11ClN2O/c1-8(2,3)11-5-6(4-10-11)7(9)12/h4-5H,1-3H3. The lowest BCUT2D eigenvalue weighted by atomic mass is 10.1. The molecule has 1 heterocycles. The molecule has 0 radical (unpaired) electrons. The van der Waals surface area contributed by atoms with E-state index in [4.69, 9.17) is 11.6 Å². The minimum absolute atomic E-state index is 0.107. The van der Waals surface area contributed by atoms with Crippen molar-refractivity contribution in [3.05, 3.63) is 18.0 Å². The maximum atomic E-state index is 10.7. The van der Waals surface area contributed by atoms with Crippen LogP contribution < -0.4 is 0 Å². The Morgan fingerprint density at radius 3 is 2.42 bits per heavy atom. The quantitative estimate of drug-likeness (QED) is 0.629. The molecule has 1 rings (SSSR count). The second-order valence-corrected chi connectivity index (χ2v) is 3.96. The molecule has 0 saturated carbocycles. The monoisotopic (exact) mass is 186 g/mol. The van der Waals surface area contributed by atoms with Crippen LogP contribution in [0.2, 0.25) is 0 Å². The molecule has 0 unspecified atom stereocenters. The van der Waals surface area contributed by atoms with Gasteiger partial charge >= 0.3 is 0 Å². The largest absolute Gasteiger partial charge is 0.275 e. The van der Waals surface area contributed by atoms with Crippen molar-refractivity contribution in [1.29, 1.82) is 0 Å². The molecule has 0 amide bonds. The summed E-state index contributed by atoms with van der Waals surface area (Å²) in [5, 5.41) is 3.55. The lowest BCUT2D eigenvalue weighted by molar-refractivity contribution is 0.108. The first-order valence-electron chi connectivity index (χ1n) is 3.66. The summed E-state index contributed by atoms with van der Waals surface area (Å²) in [5.41, 5.74) is 0.330. The molecule has 12 heavy (non-hydrogen) atoms. The fraction of sp³-hybridized carbons (Fsp3) is 0.500. The van der Waals surface area contributed by atoms with E-state index < -0.39 is 5.24 Å². The molecule has 0 aliphatic rings. The van der Waals surface area contributed by atoms with Gasteiger partial charge in [-0.05, 0) is 32.4 Å². The van der Waals surface area contributed by atoms with E-state index in [0.29, 0.717) is 5.56 Å². The Kier molecular flexibility index (Phi) is 2.24. The molecule has 0 atom stereocenters. The highest BCUT2D eigenvalue weighted by atomic mass is 35.5. The molecule has 0 bridgehead atoms. The average Bonchev–Trinajstić information content (AvgIpc) is 2.30. The van der Waals surface area contributed by atoms with E-state index in [2.05, 4.69) is 5.10 Å². The van der Waals surface area contributed by atoms with Gasteiger partial charge in [0, 0.05) is 6.20 Å². The van der Waals surface area contributed by atoms with Gasteiger partial charge in [-0.1, -0.05) is 0 Å². The maximum Gasteiger partial charge on any atom is 0.255 e. The average molecular weight is 187 g/mol. The normalized spacial score (nSPS) is 11.7. The van der Waals surface area contributed by atoms with E-state index in [1.54, 1.807) is 10.9 Å². The molecule has 0 aliphatic carbocycles. The van der Waals surface area contributed by atoms with Crippen LogP contribution in [0.25, 0.3) is 0 Å². The third-order valence-corrected chi connectivity index (χ3v) is 1.72. The summed E-state index contributed by atoms with van der Waals surface area (Å²) in [5.74, 6) is 0. The number of hydrogen-bond donors (Lipinski definition) is 0. The highest BCUT2D eigenvalue weighted by Crippen LogP contribution is 2.13. The van der Waals surface area contributed by atoms with Crippen LogP contribution in [-0.2, 0) is 5.54 Å². The highest BCUT2D eigenvalue weighted by molar-refractivity contribution is 6.67. The van der Waals surface area contributed by atoms with Crippen LogP contribution in [0.5, 0.6) is 0 Å². The first-order valence-corrected chi connectivity index (χ1v) is 4.04. The van der Waals surface area contributed by atoms with Crippen molar-refractivity contribution in [3.8, 4) is 0 Å². The molecule has 0 N–H and O–H groups in total. The summed E-state index contributed by atoms with van der Waals surface area (Å²) < 4.78 is 1.71. The molecular weight excluding hydrogens is 176 g/mol. The summed E-state index contributed by atoms with van der Waals surface area (Å²) in [6, 6.07) is 0.